The van der Waals surface area contributed by atoms with Crippen LogP contribution in [-0.2, 0) is 0 Å². The summed E-state index contributed by atoms with van der Waals surface area (Å²) in [6.07, 6.45) is 1.33. The summed E-state index contributed by atoms with van der Waals surface area (Å²) in [7, 11) is 2.34. The standard InChI is InChI=1S/C10H23B/c1-6-10(9(5)11)8(4)7(2)3/h7-10H,6,11H2,1-5H3. The van der Waals surface area contributed by atoms with Gasteiger partial charge in [-0.2, -0.15) is 0 Å². The molecule has 0 aliphatic rings. The van der Waals surface area contributed by atoms with Gasteiger partial charge in [-0.05, 0) is 17.8 Å². The second-order valence-corrected chi connectivity index (χ2v) is 4.42. The van der Waals surface area contributed by atoms with Crippen molar-refractivity contribution >= 4 is 7.85 Å². The van der Waals surface area contributed by atoms with E-state index in [0.717, 1.165) is 23.6 Å². The molecule has 0 N–H and O–H groups in total. The van der Waals surface area contributed by atoms with Crippen molar-refractivity contribution in [3.8, 4) is 0 Å². The zero-order valence-electron chi connectivity index (χ0n) is 9.02. The van der Waals surface area contributed by atoms with Gasteiger partial charge in [-0.25, -0.2) is 0 Å². The normalized spacial score (nSPS) is 19.8. The molecule has 0 spiro atoms. The summed E-state index contributed by atoms with van der Waals surface area (Å²) in [5.74, 6) is 3.47. The summed E-state index contributed by atoms with van der Waals surface area (Å²) in [6.45, 7) is 11.7. The molecule has 0 radical (unpaired) electrons. The first kappa shape index (κ1) is 11.1. The highest BCUT2D eigenvalue weighted by molar-refractivity contribution is 6.11. The van der Waals surface area contributed by atoms with E-state index in [1.807, 2.05) is 0 Å². The van der Waals surface area contributed by atoms with Crippen molar-refractivity contribution < 1.29 is 0 Å². The van der Waals surface area contributed by atoms with Crippen molar-refractivity contribution in [1.29, 1.82) is 0 Å². The van der Waals surface area contributed by atoms with Crippen molar-refractivity contribution in [1.82, 2.24) is 0 Å². The Labute approximate surface area is 73.2 Å². The van der Waals surface area contributed by atoms with Crippen LogP contribution in [0.5, 0.6) is 0 Å². The van der Waals surface area contributed by atoms with Gasteiger partial charge in [-0.15, -0.1) is 0 Å². The molecule has 66 valence electrons. The van der Waals surface area contributed by atoms with Crippen molar-refractivity contribution in [2.24, 2.45) is 17.8 Å². The largest absolute Gasteiger partial charge is 0.105 e. The van der Waals surface area contributed by atoms with Gasteiger partial charge in [0.05, 0.1) is 0 Å². The third-order valence-corrected chi connectivity index (χ3v) is 3.05. The number of hydrogen-bond acceptors (Lipinski definition) is 0. The molecule has 3 unspecified atom stereocenters. The van der Waals surface area contributed by atoms with E-state index >= 15 is 0 Å². The first-order valence-electron chi connectivity index (χ1n) is 5.00. The van der Waals surface area contributed by atoms with Gasteiger partial charge in [0.15, 0.2) is 0 Å². The Kier molecular flexibility index (Phi) is 4.87. The highest BCUT2D eigenvalue weighted by Crippen LogP contribution is 2.30. The van der Waals surface area contributed by atoms with E-state index in [1.165, 1.54) is 6.42 Å². The van der Waals surface area contributed by atoms with Crippen LogP contribution in [-0.4, -0.2) is 7.85 Å². The Morgan fingerprint density at radius 1 is 1.09 bits per heavy atom. The van der Waals surface area contributed by atoms with Crippen molar-refractivity contribution in [2.45, 2.75) is 46.9 Å². The molecule has 0 bridgehead atoms. The fourth-order valence-electron chi connectivity index (χ4n) is 1.94. The predicted octanol–water partition coefficient (Wildman–Crippen LogP) is 2.75. The molecule has 0 nitrogen and oxygen atoms in total. The lowest BCUT2D eigenvalue weighted by atomic mass is 9.68. The van der Waals surface area contributed by atoms with Gasteiger partial charge < -0.3 is 0 Å². The van der Waals surface area contributed by atoms with Gasteiger partial charge >= 0.3 is 0 Å². The lowest BCUT2D eigenvalue weighted by Gasteiger charge is -2.29. The molecule has 0 amide bonds. The second kappa shape index (κ2) is 4.85. The van der Waals surface area contributed by atoms with E-state index in [1.54, 1.807) is 0 Å². The molecule has 0 saturated carbocycles. The predicted molar refractivity (Wildman–Crippen MR) is 55.8 cm³/mol. The summed E-state index contributed by atoms with van der Waals surface area (Å²) in [4.78, 5) is 0. The summed E-state index contributed by atoms with van der Waals surface area (Å²) in [5, 5.41) is 0. The summed E-state index contributed by atoms with van der Waals surface area (Å²) in [5.41, 5.74) is 0. The van der Waals surface area contributed by atoms with Crippen LogP contribution < -0.4 is 0 Å². The average Bonchev–Trinajstić information content (AvgIpc) is 1.88. The van der Waals surface area contributed by atoms with E-state index < -0.39 is 0 Å². The fraction of sp³-hybridized carbons (Fsp3) is 1.00. The summed E-state index contributed by atoms with van der Waals surface area (Å²) < 4.78 is 0. The highest BCUT2D eigenvalue weighted by Gasteiger charge is 2.20. The second-order valence-electron chi connectivity index (χ2n) is 4.42. The minimum Gasteiger partial charge on any atom is -0.0695 e. The zero-order valence-corrected chi connectivity index (χ0v) is 9.02. The third-order valence-electron chi connectivity index (χ3n) is 3.05. The zero-order chi connectivity index (χ0) is 9.02. The first-order valence-corrected chi connectivity index (χ1v) is 5.00. The average molecular weight is 154 g/mol. The molecule has 0 rings (SSSR count). The Morgan fingerprint density at radius 2 is 1.55 bits per heavy atom. The lowest BCUT2D eigenvalue weighted by Crippen LogP contribution is -2.20. The fourth-order valence-corrected chi connectivity index (χ4v) is 1.94. The minimum atomic E-state index is 0.836. The van der Waals surface area contributed by atoms with Crippen molar-refractivity contribution in [2.75, 3.05) is 0 Å². The van der Waals surface area contributed by atoms with E-state index in [4.69, 9.17) is 0 Å². The molecule has 0 fully saturated rings. The molecule has 0 aromatic carbocycles. The van der Waals surface area contributed by atoms with Crippen LogP contribution in [0.15, 0.2) is 0 Å². The molecular formula is C10H23B. The molecule has 11 heavy (non-hydrogen) atoms. The quantitative estimate of drug-likeness (QED) is 0.546. The molecule has 0 aliphatic heterocycles. The number of rotatable bonds is 4. The topological polar surface area (TPSA) is 0 Å². The van der Waals surface area contributed by atoms with Crippen LogP contribution in [0.25, 0.3) is 0 Å². The smallest absolute Gasteiger partial charge is 0.0695 e. The van der Waals surface area contributed by atoms with E-state index in [9.17, 15) is 0 Å². The Bertz CT molecular complexity index is 97.0. The van der Waals surface area contributed by atoms with Gasteiger partial charge in [0.1, 0.15) is 7.85 Å². The Morgan fingerprint density at radius 3 is 1.64 bits per heavy atom. The first-order chi connectivity index (χ1) is 5.00. The van der Waals surface area contributed by atoms with E-state index in [-0.39, 0.29) is 0 Å². The summed E-state index contributed by atoms with van der Waals surface area (Å²) >= 11 is 0. The highest BCUT2D eigenvalue weighted by atomic mass is 14.2. The van der Waals surface area contributed by atoms with E-state index in [2.05, 4.69) is 42.5 Å². The van der Waals surface area contributed by atoms with Crippen LogP contribution in [0.1, 0.15) is 41.0 Å². The van der Waals surface area contributed by atoms with Crippen LogP contribution >= 0.6 is 0 Å². The van der Waals surface area contributed by atoms with Gasteiger partial charge in [0, 0.05) is 0 Å². The third kappa shape index (κ3) is 3.31. The van der Waals surface area contributed by atoms with Crippen molar-refractivity contribution in [3.05, 3.63) is 0 Å². The van der Waals surface area contributed by atoms with Crippen molar-refractivity contribution in [3.63, 3.8) is 0 Å². The Balaban J connectivity index is 4.02. The summed E-state index contributed by atoms with van der Waals surface area (Å²) in [6, 6.07) is 0. The molecule has 1 heteroatoms. The minimum absolute atomic E-state index is 0.836. The molecule has 0 saturated heterocycles. The lowest BCUT2D eigenvalue weighted by molar-refractivity contribution is 0.263. The molecular weight excluding hydrogens is 131 g/mol. The SMILES string of the molecule is BC(C)C(CC)C(C)C(C)C. The van der Waals surface area contributed by atoms with E-state index in [0.29, 0.717) is 0 Å². The molecule has 0 heterocycles. The molecule has 0 aliphatic carbocycles. The maximum atomic E-state index is 2.39. The molecule has 0 aromatic rings. The van der Waals surface area contributed by atoms with Gasteiger partial charge in [-0.1, -0.05) is 46.9 Å². The van der Waals surface area contributed by atoms with Gasteiger partial charge in [0.2, 0.25) is 0 Å². The Hall–Kier alpha value is 0.0649. The van der Waals surface area contributed by atoms with Crippen LogP contribution in [0, 0.1) is 17.8 Å². The van der Waals surface area contributed by atoms with Crippen LogP contribution in [0.4, 0.5) is 0 Å². The van der Waals surface area contributed by atoms with Gasteiger partial charge in [0.25, 0.3) is 0 Å². The van der Waals surface area contributed by atoms with Crippen LogP contribution in [0.3, 0.4) is 0 Å². The monoisotopic (exact) mass is 154 g/mol. The van der Waals surface area contributed by atoms with Crippen LogP contribution in [0.2, 0.25) is 5.82 Å². The number of hydrogen-bond donors (Lipinski definition) is 0. The maximum absolute atomic E-state index is 2.39. The molecule has 3 atom stereocenters. The van der Waals surface area contributed by atoms with Gasteiger partial charge in [-0.3, -0.25) is 0 Å². The molecule has 0 aromatic heterocycles. The maximum Gasteiger partial charge on any atom is 0.105 e.